The first-order chi connectivity index (χ1) is 12.0. The van der Waals surface area contributed by atoms with Gasteiger partial charge in [0.15, 0.2) is 5.16 Å². The van der Waals surface area contributed by atoms with Crippen LogP contribution in [0.2, 0.25) is 0 Å². The topological polar surface area (TPSA) is 104 Å². The zero-order valence-electron chi connectivity index (χ0n) is 13.9. The Bertz CT molecular complexity index is 876. The van der Waals surface area contributed by atoms with Crippen molar-refractivity contribution in [3.8, 4) is 0 Å². The number of aromatic amines is 1. The number of hydrogen-bond acceptors (Lipinski definition) is 5. The lowest BCUT2D eigenvalue weighted by molar-refractivity contribution is -0.123. The van der Waals surface area contributed by atoms with Crippen LogP contribution in [-0.2, 0) is 9.59 Å². The number of carbonyl (C=O) groups excluding carboxylic acids is 2. The molecule has 2 amide bonds. The molecule has 0 unspecified atom stereocenters. The van der Waals surface area contributed by atoms with Gasteiger partial charge in [-0.2, -0.15) is 0 Å². The number of nitrogens with one attached hydrogen (secondary N) is 3. The molecule has 0 bridgehead atoms. The molecule has 130 valence electrons. The van der Waals surface area contributed by atoms with E-state index in [1.54, 1.807) is 12.1 Å². The van der Waals surface area contributed by atoms with Gasteiger partial charge in [-0.1, -0.05) is 36.4 Å². The van der Waals surface area contributed by atoms with Gasteiger partial charge in [0.05, 0.1) is 11.5 Å². The van der Waals surface area contributed by atoms with Crippen LogP contribution in [0.15, 0.2) is 34.2 Å². The van der Waals surface area contributed by atoms with Gasteiger partial charge in [-0.3, -0.25) is 14.4 Å². The Morgan fingerprint density at radius 2 is 2.04 bits per heavy atom. The maximum absolute atomic E-state index is 12.6. The van der Waals surface area contributed by atoms with Gasteiger partial charge in [-0.25, -0.2) is 4.98 Å². The van der Waals surface area contributed by atoms with Crippen molar-refractivity contribution in [2.45, 2.75) is 31.3 Å². The average molecular weight is 358 g/mol. The number of amides is 2. The molecule has 1 aromatic carbocycles. The Balaban J connectivity index is 1.92. The SMILES string of the molecule is CCSc1nc2c(c(=O)[nH]1)[C@H](C(=O)Nc1ccc(C)cc1)CC(=O)N2. The molecule has 1 aliphatic rings. The van der Waals surface area contributed by atoms with E-state index in [2.05, 4.69) is 20.6 Å². The van der Waals surface area contributed by atoms with Crippen molar-refractivity contribution in [1.29, 1.82) is 0 Å². The Labute approximate surface area is 148 Å². The summed E-state index contributed by atoms with van der Waals surface area (Å²) in [5, 5.41) is 5.78. The van der Waals surface area contributed by atoms with E-state index in [0.717, 1.165) is 11.3 Å². The van der Waals surface area contributed by atoms with Gasteiger partial charge in [0.2, 0.25) is 11.8 Å². The van der Waals surface area contributed by atoms with Crippen molar-refractivity contribution >= 4 is 35.1 Å². The average Bonchev–Trinajstić information content (AvgIpc) is 2.56. The number of rotatable bonds is 4. The number of fused-ring (bicyclic) bond motifs is 1. The summed E-state index contributed by atoms with van der Waals surface area (Å²) in [6, 6.07) is 7.31. The molecular weight excluding hydrogens is 340 g/mol. The molecule has 1 aromatic heterocycles. The monoisotopic (exact) mass is 358 g/mol. The molecule has 25 heavy (non-hydrogen) atoms. The first-order valence-corrected chi connectivity index (χ1v) is 8.91. The third-order valence-electron chi connectivity index (χ3n) is 3.85. The number of nitrogens with zero attached hydrogens (tertiary/aromatic N) is 1. The molecule has 0 aliphatic carbocycles. The lowest BCUT2D eigenvalue weighted by Crippen LogP contribution is -2.36. The second-order valence-corrected chi connectivity index (χ2v) is 6.98. The number of carbonyl (C=O) groups is 2. The zero-order chi connectivity index (χ0) is 18.0. The van der Waals surface area contributed by atoms with Crippen LogP contribution in [0.3, 0.4) is 0 Å². The molecule has 0 fully saturated rings. The number of H-pyrrole nitrogens is 1. The zero-order valence-corrected chi connectivity index (χ0v) is 14.7. The molecule has 7 nitrogen and oxygen atoms in total. The van der Waals surface area contributed by atoms with Gasteiger partial charge in [0.1, 0.15) is 5.82 Å². The number of anilines is 2. The van der Waals surface area contributed by atoms with E-state index in [0.29, 0.717) is 10.8 Å². The van der Waals surface area contributed by atoms with E-state index in [-0.39, 0.29) is 23.7 Å². The van der Waals surface area contributed by atoms with Crippen molar-refractivity contribution in [3.63, 3.8) is 0 Å². The van der Waals surface area contributed by atoms with E-state index >= 15 is 0 Å². The molecular formula is C17H18N4O3S. The highest BCUT2D eigenvalue weighted by atomic mass is 32.2. The van der Waals surface area contributed by atoms with E-state index in [4.69, 9.17) is 0 Å². The number of hydrogen-bond donors (Lipinski definition) is 3. The van der Waals surface area contributed by atoms with E-state index in [1.807, 2.05) is 26.0 Å². The molecule has 8 heteroatoms. The fourth-order valence-electron chi connectivity index (χ4n) is 2.65. The maximum atomic E-state index is 12.6. The quantitative estimate of drug-likeness (QED) is 0.574. The van der Waals surface area contributed by atoms with Crippen molar-refractivity contribution in [3.05, 3.63) is 45.7 Å². The Hall–Kier alpha value is -2.61. The molecule has 0 radical (unpaired) electrons. The molecule has 1 atom stereocenters. The van der Waals surface area contributed by atoms with Crippen molar-refractivity contribution in [1.82, 2.24) is 9.97 Å². The highest BCUT2D eigenvalue weighted by Gasteiger charge is 2.34. The van der Waals surface area contributed by atoms with Crippen LogP contribution in [0.4, 0.5) is 11.5 Å². The smallest absolute Gasteiger partial charge is 0.257 e. The van der Waals surface area contributed by atoms with Gasteiger partial charge in [-0.05, 0) is 24.8 Å². The fourth-order valence-corrected chi connectivity index (χ4v) is 3.24. The summed E-state index contributed by atoms with van der Waals surface area (Å²) in [5.74, 6) is -0.709. The summed E-state index contributed by atoms with van der Waals surface area (Å²) in [6.45, 7) is 3.88. The van der Waals surface area contributed by atoms with Crippen molar-refractivity contribution < 1.29 is 9.59 Å². The van der Waals surface area contributed by atoms with E-state index in [9.17, 15) is 14.4 Å². The predicted octanol–water partition coefficient (Wildman–Crippen LogP) is 2.25. The summed E-state index contributed by atoms with van der Waals surface area (Å²) in [7, 11) is 0. The molecule has 2 heterocycles. The minimum atomic E-state index is -0.873. The number of aryl methyl sites for hydroxylation is 1. The van der Waals surface area contributed by atoms with Crippen LogP contribution in [0.5, 0.6) is 0 Å². The third-order valence-corrected chi connectivity index (χ3v) is 4.60. The summed E-state index contributed by atoms with van der Waals surface area (Å²) in [5.41, 5.74) is 1.49. The van der Waals surface area contributed by atoms with Crippen LogP contribution in [0.25, 0.3) is 0 Å². The summed E-state index contributed by atoms with van der Waals surface area (Å²) < 4.78 is 0. The number of benzene rings is 1. The second kappa shape index (κ2) is 7.10. The molecule has 0 spiro atoms. The van der Waals surface area contributed by atoms with Crippen molar-refractivity contribution in [2.24, 2.45) is 0 Å². The van der Waals surface area contributed by atoms with Crippen LogP contribution in [0.1, 0.15) is 30.4 Å². The first-order valence-electron chi connectivity index (χ1n) is 7.92. The van der Waals surface area contributed by atoms with Gasteiger partial charge in [0, 0.05) is 12.1 Å². The maximum Gasteiger partial charge on any atom is 0.257 e. The Kier molecular flexibility index (Phi) is 4.89. The number of aromatic nitrogens is 2. The Morgan fingerprint density at radius 3 is 2.72 bits per heavy atom. The van der Waals surface area contributed by atoms with Crippen LogP contribution < -0.4 is 16.2 Å². The van der Waals surface area contributed by atoms with Gasteiger partial charge >= 0.3 is 0 Å². The van der Waals surface area contributed by atoms with Crippen LogP contribution >= 0.6 is 11.8 Å². The molecule has 3 N–H and O–H groups in total. The van der Waals surface area contributed by atoms with E-state index < -0.39 is 17.4 Å². The normalized spacial score (nSPS) is 16.1. The summed E-state index contributed by atoms with van der Waals surface area (Å²) in [6.07, 6.45) is -0.0876. The molecule has 3 rings (SSSR count). The lowest BCUT2D eigenvalue weighted by atomic mass is 9.92. The van der Waals surface area contributed by atoms with Crippen LogP contribution in [-0.4, -0.2) is 27.5 Å². The second-order valence-electron chi connectivity index (χ2n) is 5.73. The first kappa shape index (κ1) is 17.2. The van der Waals surface area contributed by atoms with Gasteiger partial charge in [0.25, 0.3) is 5.56 Å². The standard InChI is InChI=1S/C17H18N4O3S/c1-3-25-17-20-14-13(16(24)21-17)11(8-12(22)19-14)15(23)18-10-6-4-9(2)5-7-10/h4-7,11H,3,8H2,1-2H3,(H,18,23)(H2,19,20,21,22,24)/t11-/m1/s1. The largest absolute Gasteiger partial charge is 0.326 e. The minimum Gasteiger partial charge on any atom is -0.326 e. The number of thioether (sulfide) groups is 1. The molecule has 2 aromatic rings. The predicted molar refractivity (Wildman–Crippen MR) is 97.1 cm³/mol. The highest BCUT2D eigenvalue weighted by Crippen LogP contribution is 2.30. The summed E-state index contributed by atoms with van der Waals surface area (Å²) in [4.78, 5) is 44.0. The minimum absolute atomic E-state index is 0.0876. The van der Waals surface area contributed by atoms with Crippen LogP contribution in [0, 0.1) is 6.92 Å². The van der Waals surface area contributed by atoms with Gasteiger partial charge in [-0.15, -0.1) is 0 Å². The molecule has 0 saturated carbocycles. The molecule has 0 saturated heterocycles. The lowest BCUT2D eigenvalue weighted by Gasteiger charge is -2.23. The third kappa shape index (κ3) is 3.74. The van der Waals surface area contributed by atoms with Crippen molar-refractivity contribution in [2.75, 3.05) is 16.4 Å². The highest BCUT2D eigenvalue weighted by molar-refractivity contribution is 7.99. The summed E-state index contributed by atoms with van der Waals surface area (Å²) >= 11 is 1.36. The fraction of sp³-hybridized carbons (Fsp3) is 0.294. The molecule has 1 aliphatic heterocycles. The Morgan fingerprint density at radius 1 is 1.32 bits per heavy atom. The van der Waals surface area contributed by atoms with E-state index in [1.165, 1.54) is 11.8 Å². The van der Waals surface area contributed by atoms with Gasteiger partial charge < -0.3 is 15.6 Å².